The zero-order valence-electron chi connectivity index (χ0n) is 31.0. The second kappa shape index (κ2) is 15.9. The van der Waals surface area contributed by atoms with Crippen molar-refractivity contribution in [1.29, 1.82) is 0 Å². The maximum absolute atomic E-state index is 15.0. The van der Waals surface area contributed by atoms with Crippen LogP contribution >= 0.6 is 0 Å². The molecule has 56 heavy (non-hydrogen) atoms. The fourth-order valence-corrected chi connectivity index (χ4v) is 7.48. The third-order valence-corrected chi connectivity index (χ3v) is 10.3. The van der Waals surface area contributed by atoms with Crippen molar-refractivity contribution >= 4 is 23.8 Å². The lowest BCUT2D eigenvalue weighted by atomic mass is 9.76. The summed E-state index contributed by atoms with van der Waals surface area (Å²) in [4.78, 5) is 38.1. The highest BCUT2D eigenvalue weighted by Crippen LogP contribution is 2.45. The Balaban J connectivity index is 1.10. The number of likely N-dealkylation sites (tertiary alicyclic amines) is 1. The lowest BCUT2D eigenvalue weighted by Gasteiger charge is -2.39. The molecule has 7 rings (SSSR count). The van der Waals surface area contributed by atoms with Crippen molar-refractivity contribution in [1.82, 2.24) is 24.6 Å². The number of halogens is 3. The SMILES string of the molecule is CCOC(=O)C1CC2(CCN(c3cc(O[C@H](c4ccc(-c5ccccc5)cc4-n4ccc(C)n4)C(F)(F)F)nc(N)n3)CC2)CN1C(=O)OCc1ccccc1. The minimum atomic E-state index is -4.85. The third-order valence-electron chi connectivity index (χ3n) is 10.3. The van der Waals surface area contributed by atoms with Crippen molar-refractivity contribution in [2.24, 2.45) is 5.41 Å². The number of nitrogens with zero attached hydrogens (tertiary/aromatic N) is 6. The maximum Gasteiger partial charge on any atom is 0.429 e. The van der Waals surface area contributed by atoms with Crippen molar-refractivity contribution in [3.63, 3.8) is 0 Å². The van der Waals surface area contributed by atoms with Crippen molar-refractivity contribution < 1.29 is 37.0 Å². The molecule has 0 bridgehead atoms. The summed E-state index contributed by atoms with van der Waals surface area (Å²) in [5.41, 5.74) is 8.67. The van der Waals surface area contributed by atoms with Gasteiger partial charge in [-0.2, -0.15) is 28.2 Å². The Hall–Kier alpha value is -6.12. The van der Waals surface area contributed by atoms with Gasteiger partial charge in [0.1, 0.15) is 18.5 Å². The standard InChI is InChI=1S/C41H42F3N7O5/c1-3-54-37(52)33-24-40(26-50(33)39(53)55-25-28-10-6-4-7-11-28)17-20-49(21-18-40)34-23-35(47-38(45)46-34)56-36(41(42,43)44)31-15-14-30(29-12-8-5-9-13-29)22-32(31)51-19-16-27(2)48-51/h4-16,19,22-23,33,36H,3,17-18,20-21,24-26H2,1-2H3,(H2,45,46,47)/t33?,36-/m1/s1. The molecule has 1 amide bonds. The van der Waals surface area contributed by atoms with Gasteiger partial charge in [-0.1, -0.05) is 72.8 Å². The summed E-state index contributed by atoms with van der Waals surface area (Å²) in [5.74, 6) is -0.796. The molecule has 12 nitrogen and oxygen atoms in total. The van der Waals surface area contributed by atoms with E-state index in [1.807, 2.05) is 65.6 Å². The average molecular weight is 770 g/mol. The van der Waals surface area contributed by atoms with Crippen LogP contribution < -0.4 is 15.4 Å². The Morgan fingerprint density at radius 1 is 0.929 bits per heavy atom. The number of esters is 1. The van der Waals surface area contributed by atoms with Gasteiger partial charge in [0.05, 0.1) is 18.0 Å². The van der Waals surface area contributed by atoms with Gasteiger partial charge in [0.15, 0.2) is 0 Å². The topological polar surface area (TPSA) is 138 Å². The van der Waals surface area contributed by atoms with Gasteiger partial charge in [0, 0.05) is 37.5 Å². The number of rotatable bonds is 10. The summed E-state index contributed by atoms with van der Waals surface area (Å²) >= 11 is 0. The van der Waals surface area contributed by atoms with E-state index >= 15 is 0 Å². The number of hydrogen-bond donors (Lipinski definition) is 1. The molecule has 292 valence electrons. The molecule has 0 radical (unpaired) electrons. The van der Waals surface area contributed by atoms with Gasteiger partial charge < -0.3 is 24.8 Å². The highest BCUT2D eigenvalue weighted by atomic mass is 19.4. The number of carbonyl (C=O) groups excluding carboxylic acids is 2. The number of carbonyl (C=O) groups is 2. The van der Waals surface area contributed by atoms with Gasteiger partial charge in [-0.3, -0.25) is 4.90 Å². The molecule has 1 unspecified atom stereocenters. The molecule has 2 N–H and O–H groups in total. The van der Waals surface area contributed by atoms with Gasteiger partial charge >= 0.3 is 18.2 Å². The number of benzene rings is 3. The molecule has 3 aromatic carbocycles. The van der Waals surface area contributed by atoms with Crippen LogP contribution in [0.3, 0.4) is 0 Å². The van der Waals surface area contributed by atoms with Crippen LogP contribution in [0.1, 0.15) is 49.1 Å². The van der Waals surface area contributed by atoms with E-state index in [0.29, 0.717) is 49.4 Å². The number of alkyl halides is 3. The minimum absolute atomic E-state index is 0.0600. The third kappa shape index (κ3) is 8.41. The second-order valence-corrected chi connectivity index (χ2v) is 14.1. The van der Waals surface area contributed by atoms with E-state index < -0.39 is 35.8 Å². The molecule has 2 aliphatic heterocycles. The van der Waals surface area contributed by atoms with E-state index in [2.05, 4.69) is 15.1 Å². The molecule has 4 heterocycles. The van der Waals surface area contributed by atoms with Gasteiger partial charge in [-0.05, 0) is 67.3 Å². The summed E-state index contributed by atoms with van der Waals surface area (Å²) in [7, 11) is 0. The minimum Gasteiger partial charge on any atom is -0.464 e. The Bertz CT molecular complexity index is 2160. The predicted molar refractivity (Wildman–Crippen MR) is 202 cm³/mol. The molecule has 0 aliphatic carbocycles. The fraction of sp³-hybridized carbons (Fsp3) is 0.341. The van der Waals surface area contributed by atoms with E-state index in [0.717, 1.165) is 11.1 Å². The van der Waals surface area contributed by atoms with E-state index in [9.17, 15) is 22.8 Å². The largest absolute Gasteiger partial charge is 0.464 e. The monoisotopic (exact) mass is 769 g/mol. The van der Waals surface area contributed by atoms with Crippen molar-refractivity contribution in [2.45, 2.75) is 58.0 Å². The molecular formula is C41H42F3N7O5. The number of piperidine rings is 1. The number of anilines is 2. The number of nitrogens with two attached hydrogens (primary N) is 1. The Labute approximate surface area is 322 Å². The van der Waals surface area contributed by atoms with Crippen LogP contribution in [-0.2, 0) is 20.9 Å². The van der Waals surface area contributed by atoms with Crippen LogP contribution in [0, 0.1) is 12.3 Å². The van der Waals surface area contributed by atoms with Crippen LogP contribution in [0.25, 0.3) is 16.8 Å². The van der Waals surface area contributed by atoms with Crippen LogP contribution in [0.5, 0.6) is 5.88 Å². The van der Waals surface area contributed by atoms with Gasteiger partial charge in [-0.15, -0.1) is 0 Å². The smallest absolute Gasteiger partial charge is 0.429 e. The Morgan fingerprint density at radius 3 is 2.30 bits per heavy atom. The highest BCUT2D eigenvalue weighted by molar-refractivity contribution is 5.82. The van der Waals surface area contributed by atoms with Crippen LogP contribution in [0.2, 0.25) is 0 Å². The second-order valence-electron chi connectivity index (χ2n) is 14.1. The molecule has 2 atom stereocenters. The molecule has 2 aromatic heterocycles. The van der Waals surface area contributed by atoms with Crippen molar-refractivity contribution in [2.75, 3.05) is 36.9 Å². The van der Waals surface area contributed by atoms with Crippen LogP contribution in [0.4, 0.5) is 29.7 Å². The van der Waals surface area contributed by atoms with Crippen molar-refractivity contribution in [3.8, 4) is 22.7 Å². The number of ether oxygens (including phenoxy) is 3. The fourth-order valence-electron chi connectivity index (χ4n) is 7.48. The average Bonchev–Trinajstić information content (AvgIpc) is 3.80. The first-order valence-corrected chi connectivity index (χ1v) is 18.4. The summed E-state index contributed by atoms with van der Waals surface area (Å²) in [6.45, 7) is 4.82. The lowest BCUT2D eigenvalue weighted by molar-refractivity contribution is -0.198. The van der Waals surface area contributed by atoms with E-state index in [4.69, 9.17) is 19.9 Å². The van der Waals surface area contributed by atoms with E-state index in [-0.39, 0.29) is 42.8 Å². The van der Waals surface area contributed by atoms with E-state index in [1.165, 1.54) is 21.7 Å². The van der Waals surface area contributed by atoms with Gasteiger partial charge in [0.25, 0.3) is 0 Å². The molecule has 5 aromatic rings. The Kier molecular flexibility index (Phi) is 10.9. The van der Waals surface area contributed by atoms with Gasteiger partial charge in [-0.25, -0.2) is 14.3 Å². The molecule has 2 aliphatic rings. The first-order chi connectivity index (χ1) is 26.9. The molecule has 2 fully saturated rings. The van der Waals surface area contributed by atoms with Gasteiger partial charge in [0.2, 0.25) is 17.9 Å². The zero-order chi connectivity index (χ0) is 39.5. The Morgan fingerprint density at radius 2 is 1.64 bits per heavy atom. The summed E-state index contributed by atoms with van der Waals surface area (Å²) < 4.78 is 63.0. The molecule has 0 saturated carbocycles. The number of aryl methyl sites for hydroxylation is 1. The normalized spacial score (nSPS) is 17.1. The lowest BCUT2D eigenvalue weighted by Crippen LogP contribution is -2.43. The first-order valence-electron chi connectivity index (χ1n) is 18.4. The maximum atomic E-state index is 15.0. The highest BCUT2D eigenvalue weighted by Gasteiger charge is 2.51. The zero-order valence-corrected chi connectivity index (χ0v) is 31.0. The molecule has 15 heteroatoms. The summed E-state index contributed by atoms with van der Waals surface area (Å²) in [6, 6.07) is 25.5. The number of nitrogen functional groups attached to an aromatic ring is 1. The summed E-state index contributed by atoms with van der Waals surface area (Å²) in [6.07, 6.45) is -4.79. The number of hydrogen-bond acceptors (Lipinski definition) is 10. The summed E-state index contributed by atoms with van der Waals surface area (Å²) in [5, 5.41) is 4.41. The molecule has 1 spiro atoms. The quantitative estimate of drug-likeness (QED) is 0.143. The number of aromatic nitrogens is 4. The van der Waals surface area contributed by atoms with E-state index in [1.54, 1.807) is 38.2 Å². The number of amides is 1. The molecular weight excluding hydrogens is 727 g/mol. The molecule has 2 saturated heterocycles. The first kappa shape index (κ1) is 38.2. The van der Waals surface area contributed by atoms with Crippen LogP contribution in [-0.4, -0.2) is 75.2 Å². The van der Waals surface area contributed by atoms with Crippen LogP contribution in [0.15, 0.2) is 97.2 Å². The van der Waals surface area contributed by atoms with Crippen molar-refractivity contribution in [3.05, 3.63) is 114 Å². The predicted octanol–water partition coefficient (Wildman–Crippen LogP) is 7.46.